The van der Waals surface area contributed by atoms with Gasteiger partial charge in [0.25, 0.3) is 0 Å². The molecule has 1 aromatic carbocycles. The van der Waals surface area contributed by atoms with Crippen molar-refractivity contribution in [1.29, 1.82) is 5.26 Å². The topological polar surface area (TPSA) is 124 Å². The molecule has 5 rings (SSSR count). The van der Waals surface area contributed by atoms with E-state index in [2.05, 4.69) is 31.2 Å². The number of benzene rings is 1. The molecule has 2 N–H and O–H groups in total. The van der Waals surface area contributed by atoms with E-state index in [1.807, 2.05) is 6.92 Å². The average Bonchev–Trinajstić information content (AvgIpc) is 3.48. The first kappa shape index (κ1) is 24.8. The smallest absolute Gasteiger partial charge is 0.382 e. The Hall–Kier alpha value is -4.93. The number of rotatable bonds is 5. The SMILES string of the molecule is CC[C@H](c1cnn(-c2ccc(F)cc2F)c1)c1c(C#N)c(-c2cnc(C(F)(F)F)nc2)c2c(N)ncnn12. The first-order valence-electron chi connectivity index (χ1n) is 11.1. The molecule has 0 amide bonds. The molecule has 4 heterocycles. The van der Waals surface area contributed by atoms with Crippen LogP contribution in [0.15, 0.2) is 49.3 Å². The molecule has 0 unspecified atom stereocenters. The van der Waals surface area contributed by atoms with Crippen molar-refractivity contribution in [2.45, 2.75) is 25.4 Å². The van der Waals surface area contributed by atoms with Crippen LogP contribution in [0.25, 0.3) is 22.3 Å². The molecule has 38 heavy (non-hydrogen) atoms. The second kappa shape index (κ2) is 9.18. The second-order valence-electron chi connectivity index (χ2n) is 8.22. The number of anilines is 1. The summed E-state index contributed by atoms with van der Waals surface area (Å²) in [5.74, 6) is -3.44. The number of nitrogens with two attached hydrogens (primary N) is 1. The van der Waals surface area contributed by atoms with Gasteiger partial charge in [0.2, 0.25) is 5.82 Å². The molecule has 0 saturated heterocycles. The summed E-state index contributed by atoms with van der Waals surface area (Å²) in [6, 6.07) is 5.19. The van der Waals surface area contributed by atoms with E-state index in [0.717, 1.165) is 24.5 Å². The van der Waals surface area contributed by atoms with Crippen molar-refractivity contribution in [3.63, 3.8) is 0 Å². The molecule has 0 spiro atoms. The number of hydrogen-bond acceptors (Lipinski definition) is 7. The lowest BCUT2D eigenvalue weighted by molar-refractivity contribution is -0.144. The molecule has 14 heteroatoms. The summed E-state index contributed by atoms with van der Waals surface area (Å²) in [4.78, 5) is 10.8. The fourth-order valence-electron chi connectivity index (χ4n) is 4.36. The quantitative estimate of drug-likeness (QED) is 0.331. The minimum absolute atomic E-state index is 0.0159. The number of nitrogens with zero attached hydrogens (tertiary/aromatic N) is 8. The van der Waals surface area contributed by atoms with Gasteiger partial charge in [0.1, 0.15) is 29.4 Å². The van der Waals surface area contributed by atoms with E-state index in [-0.39, 0.29) is 33.7 Å². The number of hydrogen-bond donors (Lipinski definition) is 1. The third kappa shape index (κ3) is 4.07. The molecule has 1 atom stereocenters. The average molecular weight is 525 g/mol. The van der Waals surface area contributed by atoms with E-state index >= 15 is 0 Å². The molecule has 0 aliphatic carbocycles. The van der Waals surface area contributed by atoms with Gasteiger partial charge in [-0.25, -0.2) is 32.9 Å². The molecule has 4 aromatic heterocycles. The predicted molar refractivity (Wildman–Crippen MR) is 124 cm³/mol. The summed E-state index contributed by atoms with van der Waals surface area (Å²) in [6.07, 6.45) is 1.79. The van der Waals surface area contributed by atoms with E-state index in [9.17, 15) is 27.2 Å². The van der Waals surface area contributed by atoms with Crippen LogP contribution in [0.1, 0.15) is 41.9 Å². The fraction of sp³-hybridized carbons (Fsp3) is 0.167. The van der Waals surface area contributed by atoms with Crippen LogP contribution in [-0.2, 0) is 6.18 Å². The van der Waals surface area contributed by atoms with Crippen LogP contribution in [0, 0.1) is 23.0 Å². The third-order valence-corrected chi connectivity index (χ3v) is 6.00. The normalized spacial score (nSPS) is 12.6. The molecule has 0 radical (unpaired) electrons. The molecular formula is C24H16F5N9. The summed E-state index contributed by atoms with van der Waals surface area (Å²) in [6.45, 7) is 1.84. The molecule has 9 nitrogen and oxygen atoms in total. The molecule has 5 aromatic rings. The van der Waals surface area contributed by atoms with E-state index in [0.29, 0.717) is 17.7 Å². The van der Waals surface area contributed by atoms with Gasteiger partial charge in [-0.15, -0.1) is 0 Å². The number of alkyl halides is 3. The van der Waals surface area contributed by atoms with Crippen LogP contribution in [-0.4, -0.2) is 34.3 Å². The lowest BCUT2D eigenvalue weighted by Gasteiger charge is -2.14. The number of nitrogen functional groups attached to an aromatic ring is 1. The summed E-state index contributed by atoms with van der Waals surface area (Å²) in [5.41, 5.74) is 7.63. The standard InChI is InChI=1S/C24H16F5N9/c1-2-15(13-9-35-37(10-13)18-4-3-14(25)5-17(18)26)20-16(6-30)19(21-22(31)34-11-36-38(20)21)12-7-32-23(33-8-12)24(27,28)29/h3-5,7-11,15H,2H2,1H3,(H2,31,34,36)/t15-/m1/s1. The predicted octanol–water partition coefficient (Wildman–Crippen LogP) is 4.66. The Bertz CT molecular complexity index is 1700. The van der Waals surface area contributed by atoms with Crippen molar-refractivity contribution in [2.24, 2.45) is 0 Å². The zero-order valence-corrected chi connectivity index (χ0v) is 19.4. The van der Waals surface area contributed by atoms with Gasteiger partial charge in [-0.1, -0.05) is 6.92 Å². The van der Waals surface area contributed by atoms with Crippen molar-refractivity contribution in [2.75, 3.05) is 5.73 Å². The Morgan fingerprint density at radius 1 is 1.08 bits per heavy atom. The lowest BCUT2D eigenvalue weighted by atomic mass is 9.91. The number of halogens is 5. The maximum atomic E-state index is 14.4. The van der Waals surface area contributed by atoms with Gasteiger partial charge in [-0.05, 0) is 24.1 Å². The Morgan fingerprint density at radius 3 is 2.45 bits per heavy atom. The number of aromatic nitrogens is 7. The molecule has 0 bridgehead atoms. The minimum Gasteiger partial charge on any atom is -0.382 e. The van der Waals surface area contributed by atoms with E-state index in [1.165, 1.54) is 34.0 Å². The maximum absolute atomic E-state index is 14.4. The molecular weight excluding hydrogens is 509 g/mol. The Kier molecular flexibility index (Phi) is 5.98. The van der Waals surface area contributed by atoms with Gasteiger partial charge in [0.05, 0.1) is 17.5 Å². The largest absolute Gasteiger partial charge is 0.451 e. The van der Waals surface area contributed by atoms with Crippen LogP contribution in [0.3, 0.4) is 0 Å². The van der Waals surface area contributed by atoms with Gasteiger partial charge in [-0.2, -0.15) is 28.6 Å². The summed E-state index contributed by atoms with van der Waals surface area (Å²) in [5, 5.41) is 18.7. The molecule has 0 saturated carbocycles. The second-order valence-corrected chi connectivity index (χ2v) is 8.22. The van der Waals surface area contributed by atoms with Crippen molar-refractivity contribution in [1.82, 2.24) is 34.3 Å². The number of fused-ring (bicyclic) bond motifs is 1. The lowest BCUT2D eigenvalue weighted by Crippen LogP contribution is -2.10. The van der Waals surface area contributed by atoms with Gasteiger partial charge >= 0.3 is 6.18 Å². The van der Waals surface area contributed by atoms with Crippen molar-refractivity contribution < 1.29 is 22.0 Å². The van der Waals surface area contributed by atoms with Gasteiger partial charge < -0.3 is 5.73 Å². The first-order valence-corrected chi connectivity index (χ1v) is 11.1. The highest BCUT2D eigenvalue weighted by Gasteiger charge is 2.35. The van der Waals surface area contributed by atoms with Gasteiger partial charge in [-0.3, -0.25) is 0 Å². The number of nitriles is 1. The van der Waals surface area contributed by atoms with E-state index in [4.69, 9.17) is 5.73 Å². The summed E-state index contributed by atoms with van der Waals surface area (Å²) < 4.78 is 69.4. The highest BCUT2D eigenvalue weighted by Crippen LogP contribution is 2.40. The molecule has 0 fully saturated rings. The highest BCUT2D eigenvalue weighted by atomic mass is 19.4. The first-order chi connectivity index (χ1) is 18.1. The Labute approximate surface area is 211 Å². The Balaban J connectivity index is 1.70. The van der Waals surface area contributed by atoms with Crippen LogP contribution in [0.4, 0.5) is 27.8 Å². The Morgan fingerprint density at radius 2 is 1.82 bits per heavy atom. The van der Waals surface area contributed by atoms with Crippen LogP contribution in [0.2, 0.25) is 0 Å². The van der Waals surface area contributed by atoms with Crippen LogP contribution >= 0.6 is 0 Å². The van der Waals surface area contributed by atoms with Crippen LogP contribution in [0.5, 0.6) is 0 Å². The molecule has 0 aliphatic heterocycles. The van der Waals surface area contributed by atoms with Crippen molar-refractivity contribution in [3.8, 4) is 22.9 Å². The highest BCUT2D eigenvalue weighted by molar-refractivity contribution is 5.92. The van der Waals surface area contributed by atoms with E-state index < -0.39 is 29.6 Å². The van der Waals surface area contributed by atoms with Crippen molar-refractivity contribution in [3.05, 3.63) is 83.6 Å². The van der Waals surface area contributed by atoms with E-state index in [1.54, 1.807) is 0 Å². The maximum Gasteiger partial charge on any atom is 0.451 e. The fourth-order valence-corrected chi connectivity index (χ4v) is 4.36. The summed E-state index contributed by atoms with van der Waals surface area (Å²) >= 11 is 0. The molecule has 0 aliphatic rings. The zero-order valence-electron chi connectivity index (χ0n) is 19.4. The van der Waals surface area contributed by atoms with Crippen LogP contribution < -0.4 is 5.73 Å². The molecule has 192 valence electrons. The summed E-state index contributed by atoms with van der Waals surface area (Å²) in [7, 11) is 0. The minimum atomic E-state index is -4.75. The third-order valence-electron chi connectivity index (χ3n) is 6.00. The zero-order chi connectivity index (χ0) is 27.2. The monoisotopic (exact) mass is 525 g/mol. The van der Waals surface area contributed by atoms with Gasteiger partial charge in [0.15, 0.2) is 11.6 Å². The van der Waals surface area contributed by atoms with Crippen molar-refractivity contribution >= 4 is 11.3 Å². The van der Waals surface area contributed by atoms with Gasteiger partial charge in [0, 0.05) is 41.7 Å².